The van der Waals surface area contributed by atoms with Crippen LogP contribution >= 0.6 is 0 Å². The molecule has 0 aliphatic heterocycles. The van der Waals surface area contributed by atoms with Crippen LogP contribution in [0.25, 0.3) is 32.3 Å². The van der Waals surface area contributed by atoms with E-state index in [1.165, 1.54) is 43.4 Å². The van der Waals surface area contributed by atoms with Gasteiger partial charge in [-0.2, -0.15) is 0 Å². The van der Waals surface area contributed by atoms with Crippen LogP contribution in [0.2, 0.25) is 0 Å². The minimum Gasteiger partial charge on any atom is -0.0587 e. The molecule has 4 aromatic rings. The molecule has 0 nitrogen and oxygen atoms in total. The third-order valence-corrected chi connectivity index (χ3v) is 4.13. The van der Waals surface area contributed by atoms with Crippen molar-refractivity contribution in [1.29, 1.82) is 0 Å². The first-order chi connectivity index (χ1) is 9.72. The molecule has 0 spiro atoms. The van der Waals surface area contributed by atoms with Crippen molar-refractivity contribution < 1.29 is 0 Å². The predicted octanol–water partition coefficient (Wildman–Crippen LogP) is 5.76. The van der Waals surface area contributed by atoms with Crippen molar-refractivity contribution in [3.63, 3.8) is 0 Å². The van der Waals surface area contributed by atoms with Crippen LogP contribution in [-0.2, 0) is 0 Å². The van der Waals surface area contributed by atoms with Gasteiger partial charge in [0.25, 0.3) is 0 Å². The van der Waals surface area contributed by atoms with Gasteiger partial charge >= 0.3 is 0 Å². The van der Waals surface area contributed by atoms with Gasteiger partial charge in [0.2, 0.25) is 0 Å². The maximum absolute atomic E-state index is 2.30. The summed E-state index contributed by atoms with van der Waals surface area (Å²) in [5, 5.41) is 8.06. The summed E-state index contributed by atoms with van der Waals surface area (Å²) in [7, 11) is 0. The molecule has 0 unspecified atom stereocenters. The fourth-order valence-electron chi connectivity index (χ4n) is 3.10. The summed E-state index contributed by atoms with van der Waals surface area (Å²) in [5.41, 5.74) is 2.63. The van der Waals surface area contributed by atoms with Crippen molar-refractivity contribution in [3.05, 3.63) is 71.8 Å². The summed E-state index contributed by atoms with van der Waals surface area (Å²) < 4.78 is 0. The Hall–Kier alpha value is -2.34. The second kappa shape index (κ2) is 4.08. The first-order valence-electron chi connectivity index (χ1n) is 7.05. The highest BCUT2D eigenvalue weighted by Crippen LogP contribution is 2.33. The zero-order valence-electron chi connectivity index (χ0n) is 11.8. The zero-order valence-corrected chi connectivity index (χ0v) is 11.8. The largest absolute Gasteiger partial charge is 0.0587 e. The average Bonchev–Trinajstić information content (AvgIpc) is 2.46. The maximum Gasteiger partial charge on any atom is -0.00266 e. The van der Waals surface area contributed by atoms with Crippen LogP contribution in [-0.4, -0.2) is 0 Å². The summed E-state index contributed by atoms with van der Waals surface area (Å²) >= 11 is 0. The molecule has 0 radical (unpaired) electrons. The SMILES string of the molecule is Cc1ccc2ccc3ccc4ccc(C)cc4c3c2c1. The van der Waals surface area contributed by atoms with E-state index in [1.54, 1.807) is 0 Å². The highest BCUT2D eigenvalue weighted by molar-refractivity contribution is 6.20. The third-order valence-electron chi connectivity index (χ3n) is 4.13. The quantitative estimate of drug-likeness (QED) is 0.351. The molecule has 4 aromatic carbocycles. The minimum atomic E-state index is 1.31. The van der Waals surface area contributed by atoms with Crippen LogP contribution in [0.5, 0.6) is 0 Å². The van der Waals surface area contributed by atoms with E-state index in [0.29, 0.717) is 0 Å². The number of hydrogen-bond acceptors (Lipinski definition) is 0. The molecule has 0 heteroatoms. The topological polar surface area (TPSA) is 0 Å². The molecule has 0 aliphatic carbocycles. The molecule has 0 bridgehead atoms. The van der Waals surface area contributed by atoms with Crippen molar-refractivity contribution in [1.82, 2.24) is 0 Å². The number of rotatable bonds is 0. The van der Waals surface area contributed by atoms with Gasteiger partial charge in [-0.25, -0.2) is 0 Å². The van der Waals surface area contributed by atoms with Crippen molar-refractivity contribution in [2.45, 2.75) is 13.8 Å². The number of fused-ring (bicyclic) bond motifs is 5. The van der Waals surface area contributed by atoms with E-state index in [0.717, 1.165) is 0 Å². The standard InChI is InChI=1S/C20H16/c1-13-3-5-15-7-9-17-10-8-16-6-4-14(2)12-19(16)20(17)18(15)11-13/h3-12H,1-2H3. The van der Waals surface area contributed by atoms with E-state index < -0.39 is 0 Å². The molecule has 0 saturated heterocycles. The normalized spacial score (nSPS) is 11.5. The molecule has 20 heavy (non-hydrogen) atoms. The van der Waals surface area contributed by atoms with E-state index in [9.17, 15) is 0 Å². The predicted molar refractivity (Wildman–Crippen MR) is 88.4 cm³/mol. The maximum atomic E-state index is 2.30. The molecule has 0 amide bonds. The van der Waals surface area contributed by atoms with E-state index in [2.05, 4.69) is 74.5 Å². The molecule has 96 valence electrons. The Morgan fingerprint density at radius 1 is 0.500 bits per heavy atom. The molecule has 0 aliphatic rings. The van der Waals surface area contributed by atoms with Crippen LogP contribution in [0.4, 0.5) is 0 Å². The molecule has 0 saturated carbocycles. The van der Waals surface area contributed by atoms with Crippen molar-refractivity contribution in [3.8, 4) is 0 Å². The van der Waals surface area contributed by atoms with Gasteiger partial charge in [-0.05, 0) is 46.2 Å². The van der Waals surface area contributed by atoms with Crippen LogP contribution in [0.3, 0.4) is 0 Å². The summed E-state index contributed by atoms with van der Waals surface area (Å²) in [5.74, 6) is 0. The lowest BCUT2D eigenvalue weighted by Crippen LogP contribution is -1.83. The van der Waals surface area contributed by atoms with Crippen LogP contribution in [0, 0.1) is 13.8 Å². The van der Waals surface area contributed by atoms with Crippen molar-refractivity contribution >= 4 is 32.3 Å². The van der Waals surface area contributed by atoms with Crippen molar-refractivity contribution in [2.24, 2.45) is 0 Å². The first-order valence-corrected chi connectivity index (χ1v) is 7.05. The Bertz CT molecular complexity index is 885. The number of hydrogen-bond donors (Lipinski definition) is 0. The summed E-state index contributed by atoms with van der Waals surface area (Å²) in [6, 6.07) is 22.3. The molecule has 0 atom stereocenters. The Balaban J connectivity index is 2.34. The highest BCUT2D eigenvalue weighted by atomic mass is 14.1. The highest BCUT2D eigenvalue weighted by Gasteiger charge is 2.05. The fraction of sp³-hybridized carbons (Fsp3) is 0.100. The smallest absolute Gasteiger partial charge is 0.00266 e. The second-order valence-electron chi connectivity index (χ2n) is 5.68. The fourth-order valence-corrected chi connectivity index (χ4v) is 3.10. The summed E-state index contributed by atoms with van der Waals surface area (Å²) in [6.45, 7) is 4.32. The van der Waals surface area contributed by atoms with Gasteiger partial charge in [0, 0.05) is 0 Å². The van der Waals surface area contributed by atoms with Crippen LogP contribution in [0.1, 0.15) is 11.1 Å². The van der Waals surface area contributed by atoms with Gasteiger partial charge in [-0.1, -0.05) is 71.8 Å². The minimum absolute atomic E-state index is 1.31. The zero-order chi connectivity index (χ0) is 13.7. The summed E-state index contributed by atoms with van der Waals surface area (Å²) in [4.78, 5) is 0. The molecule has 0 N–H and O–H groups in total. The van der Waals surface area contributed by atoms with E-state index >= 15 is 0 Å². The lowest BCUT2D eigenvalue weighted by molar-refractivity contribution is 1.51. The van der Waals surface area contributed by atoms with Gasteiger partial charge in [-0.3, -0.25) is 0 Å². The van der Waals surface area contributed by atoms with Crippen molar-refractivity contribution in [2.75, 3.05) is 0 Å². The van der Waals surface area contributed by atoms with Crippen LogP contribution in [0.15, 0.2) is 60.7 Å². The molecule has 0 heterocycles. The monoisotopic (exact) mass is 256 g/mol. The molecular formula is C20H16. The molecule has 4 rings (SSSR count). The Morgan fingerprint density at radius 2 is 0.900 bits per heavy atom. The van der Waals surface area contributed by atoms with Gasteiger partial charge in [-0.15, -0.1) is 0 Å². The second-order valence-corrected chi connectivity index (χ2v) is 5.68. The van der Waals surface area contributed by atoms with Gasteiger partial charge < -0.3 is 0 Å². The first kappa shape index (κ1) is 11.5. The average molecular weight is 256 g/mol. The van der Waals surface area contributed by atoms with Gasteiger partial charge in [0.05, 0.1) is 0 Å². The molecule has 0 aromatic heterocycles. The van der Waals surface area contributed by atoms with Gasteiger partial charge in [0.15, 0.2) is 0 Å². The van der Waals surface area contributed by atoms with Crippen LogP contribution < -0.4 is 0 Å². The molecule has 0 fully saturated rings. The number of aryl methyl sites for hydroxylation is 2. The molecular weight excluding hydrogens is 240 g/mol. The number of benzene rings is 4. The van der Waals surface area contributed by atoms with E-state index in [-0.39, 0.29) is 0 Å². The Labute approximate surface area is 118 Å². The Kier molecular flexibility index (Phi) is 2.34. The van der Waals surface area contributed by atoms with Gasteiger partial charge in [0.1, 0.15) is 0 Å². The lowest BCUT2D eigenvalue weighted by atomic mass is 9.95. The summed E-state index contributed by atoms with van der Waals surface area (Å²) in [6.07, 6.45) is 0. The lowest BCUT2D eigenvalue weighted by Gasteiger charge is -2.09. The third kappa shape index (κ3) is 1.61. The van der Waals surface area contributed by atoms with E-state index in [1.807, 2.05) is 0 Å². The van der Waals surface area contributed by atoms with E-state index in [4.69, 9.17) is 0 Å². The Morgan fingerprint density at radius 3 is 1.40 bits per heavy atom.